The molecular formula is C6H3F11O2. The first-order chi connectivity index (χ1) is 8.02. The normalized spacial score (nSPS) is 18.3. The Morgan fingerprint density at radius 1 is 0.684 bits per heavy atom. The molecule has 0 aliphatic carbocycles. The Balaban J connectivity index is 5.48. The van der Waals surface area contributed by atoms with E-state index in [0.29, 0.717) is 0 Å². The fourth-order valence-electron chi connectivity index (χ4n) is 0.612. The van der Waals surface area contributed by atoms with E-state index in [2.05, 4.69) is 0 Å². The Labute approximate surface area is 96.3 Å². The van der Waals surface area contributed by atoms with Gasteiger partial charge < -0.3 is 5.11 Å². The zero-order chi connectivity index (χ0) is 15.9. The van der Waals surface area contributed by atoms with Crippen LogP contribution in [0.1, 0.15) is 0 Å². The van der Waals surface area contributed by atoms with Crippen LogP contribution in [0.25, 0.3) is 0 Å². The maximum Gasteiger partial charge on any atom is 0.462 e. The summed E-state index contributed by atoms with van der Waals surface area (Å²) in [5.41, 5.74) is 0. The molecule has 0 amide bonds. The molecule has 0 heterocycles. The topological polar surface area (TPSA) is 29.5 Å². The van der Waals surface area contributed by atoms with Crippen molar-refractivity contribution in [2.45, 2.75) is 30.2 Å². The molecule has 116 valence electrons. The minimum atomic E-state index is -7.10. The van der Waals surface area contributed by atoms with Crippen molar-refractivity contribution >= 4 is 0 Å². The number of alkyl halides is 11. The van der Waals surface area contributed by atoms with Gasteiger partial charge in [0.2, 0.25) is 0 Å². The zero-order valence-electron chi connectivity index (χ0n) is 8.22. The molecule has 0 rings (SSSR count). The van der Waals surface area contributed by atoms with Crippen molar-refractivity contribution in [1.29, 1.82) is 0 Å². The summed E-state index contributed by atoms with van der Waals surface area (Å²) in [6.07, 6.45) is -20.4. The highest BCUT2D eigenvalue weighted by Crippen LogP contribution is 2.50. The first kappa shape index (κ1) is 18.1. The predicted molar refractivity (Wildman–Crippen MR) is 34.0 cm³/mol. The molecule has 0 aliphatic rings. The van der Waals surface area contributed by atoms with E-state index in [0.717, 1.165) is 0 Å². The summed E-state index contributed by atoms with van der Waals surface area (Å²) in [5, 5.41) is 7.87. The van der Waals surface area contributed by atoms with E-state index in [4.69, 9.17) is 5.11 Å². The Morgan fingerprint density at radius 3 is 1.26 bits per heavy atom. The molecule has 0 aliphatic heterocycles. The van der Waals surface area contributed by atoms with Crippen LogP contribution in [0, 0.1) is 0 Å². The van der Waals surface area contributed by atoms with Crippen LogP contribution in [0.3, 0.4) is 0 Å². The van der Waals surface area contributed by atoms with E-state index < -0.39 is 36.8 Å². The quantitative estimate of drug-likeness (QED) is 0.808. The van der Waals surface area contributed by atoms with E-state index in [1.54, 1.807) is 0 Å². The zero-order valence-corrected chi connectivity index (χ0v) is 8.22. The van der Waals surface area contributed by atoms with Crippen LogP contribution < -0.4 is 0 Å². The molecule has 0 saturated carbocycles. The van der Waals surface area contributed by atoms with Crippen LogP contribution in [0.15, 0.2) is 0 Å². The summed E-state index contributed by atoms with van der Waals surface area (Å²) in [5.74, 6) is -12.9. The highest BCUT2D eigenvalue weighted by molar-refractivity contribution is 4.88. The third kappa shape index (κ3) is 3.19. The van der Waals surface area contributed by atoms with Gasteiger partial charge in [0, 0.05) is 0 Å². The van der Waals surface area contributed by atoms with Gasteiger partial charge in [-0.05, 0) is 0 Å². The van der Waals surface area contributed by atoms with Gasteiger partial charge in [-0.2, -0.15) is 48.3 Å². The maximum atomic E-state index is 12.7. The van der Waals surface area contributed by atoms with Gasteiger partial charge in [-0.1, -0.05) is 0 Å². The number of hydrogen-bond acceptors (Lipinski definition) is 2. The molecule has 0 fully saturated rings. The van der Waals surface area contributed by atoms with Gasteiger partial charge in [0.1, 0.15) is 6.61 Å². The molecule has 0 spiro atoms. The molecule has 2 nitrogen and oxygen atoms in total. The summed E-state index contributed by atoms with van der Waals surface area (Å²) in [7, 11) is 0. The molecule has 0 bridgehead atoms. The molecule has 19 heavy (non-hydrogen) atoms. The predicted octanol–water partition coefficient (Wildman–Crippen LogP) is 3.01. The second-order valence-electron chi connectivity index (χ2n) is 3.08. The van der Waals surface area contributed by atoms with Gasteiger partial charge in [-0.3, -0.25) is 4.74 Å². The van der Waals surface area contributed by atoms with Crippen molar-refractivity contribution in [3.8, 4) is 0 Å². The molecule has 1 atom stereocenters. The first-order valence-corrected chi connectivity index (χ1v) is 3.91. The van der Waals surface area contributed by atoms with Gasteiger partial charge in [-0.15, -0.1) is 0 Å². The second-order valence-corrected chi connectivity index (χ2v) is 3.08. The van der Waals surface area contributed by atoms with Crippen molar-refractivity contribution in [2.24, 2.45) is 0 Å². The number of aliphatic hydroxyl groups is 1. The smallest absolute Gasteiger partial charge is 0.390 e. The van der Waals surface area contributed by atoms with E-state index in [-0.39, 0.29) is 0 Å². The minimum absolute atomic E-state index is 1.89. The Bertz CT molecular complexity index is 318. The summed E-state index contributed by atoms with van der Waals surface area (Å²) < 4.78 is 134. The van der Waals surface area contributed by atoms with Crippen molar-refractivity contribution in [2.75, 3.05) is 6.61 Å². The molecule has 0 aromatic carbocycles. The molecule has 0 saturated heterocycles. The summed E-state index contributed by atoms with van der Waals surface area (Å²) in [6.45, 7) is -2.94. The standard InChI is InChI=1S/C6H3F11O2/c7-2(1-18,4(10,11)12)19-6(16,17)3(8,9)5(13,14)15/h18H,1H2/t2-/m1/s1. The summed E-state index contributed by atoms with van der Waals surface area (Å²) in [6, 6.07) is 0. The lowest BCUT2D eigenvalue weighted by molar-refractivity contribution is -0.485. The SMILES string of the molecule is OC[C@@](F)(OC(F)(F)C(F)(F)C(F)(F)F)C(F)(F)F. The van der Waals surface area contributed by atoms with Crippen molar-refractivity contribution < 1.29 is 58.1 Å². The third-order valence-electron chi connectivity index (χ3n) is 1.64. The highest BCUT2D eigenvalue weighted by Gasteiger charge is 2.78. The molecule has 0 radical (unpaired) electrons. The van der Waals surface area contributed by atoms with Crippen molar-refractivity contribution in [3.63, 3.8) is 0 Å². The molecule has 1 N–H and O–H groups in total. The minimum Gasteiger partial charge on any atom is -0.390 e. The van der Waals surface area contributed by atoms with Crippen LogP contribution in [0.4, 0.5) is 48.3 Å². The first-order valence-electron chi connectivity index (χ1n) is 3.91. The molecule has 13 heteroatoms. The third-order valence-corrected chi connectivity index (χ3v) is 1.64. The lowest BCUT2D eigenvalue weighted by Gasteiger charge is -2.33. The van der Waals surface area contributed by atoms with Gasteiger partial charge in [0.05, 0.1) is 0 Å². The summed E-state index contributed by atoms with van der Waals surface area (Å²) in [4.78, 5) is 0. The Morgan fingerprint density at radius 2 is 1.05 bits per heavy atom. The largest absolute Gasteiger partial charge is 0.462 e. The van der Waals surface area contributed by atoms with E-state index >= 15 is 0 Å². The lowest BCUT2D eigenvalue weighted by Crippen LogP contribution is -2.60. The van der Waals surface area contributed by atoms with E-state index in [9.17, 15) is 48.3 Å². The number of aliphatic hydroxyl groups excluding tert-OH is 1. The number of hydrogen-bond donors (Lipinski definition) is 1. The number of halogens is 11. The molecular weight excluding hydrogens is 313 g/mol. The van der Waals surface area contributed by atoms with Crippen LogP contribution >= 0.6 is 0 Å². The Kier molecular flexibility index (Phi) is 4.40. The number of ether oxygens (including phenoxy) is 1. The average Bonchev–Trinajstić information content (AvgIpc) is 2.12. The summed E-state index contributed by atoms with van der Waals surface area (Å²) >= 11 is 0. The van der Waals surface area contributed by atoms with Crippen LogP contribution in [0.5, 0.6) is 0 Å². The van der Waals surface area contributed by atoms with E-state index in [1.807, 2.05) is 4.74 Å². The highest BCUT2D eigenvalue weighted by atomic mass is 19.4. The maximum absolute atomic E-state index is 12.7. The molecule has 0 aromatic rings. The van der Waals surface area contributed by atoms with Gasteiger partial charge in [0.25, 0.3) is 0 Å². The Hall–Kier alpha value is -0.850. The second kappa shape index (κ2) is 4.61. The molecule has 0 unspecified atom stereocenters. The molecule has 0 aromatic heterocycles. The van der Waals surface area contributed by atoms with Crippen LogP contribution in [0.2, 0.25) is 0 Å². The fraction of sp³-hybridized carbons (Fsp3) is 1.00. The van der Waals surface area contributed by atoms with Crippen LogP contribution in [-0.2, 0) is 4.74 Å². The van der Waals surface area contributed by atoms with Crippen LogP contribution in [-0.4, -0.2) is 42.0 Å². The van der Waals surface area contributed by atoms with Gasteiger partial charge in [0.15, 0.2) is 0 Å². The van der Waals surface area contributed by atoms with E-state index in [1.165, 1.54) is 0 Å². The van der Waals surface area contributed by atoms with Gasteiger partial charge in [-0.25, -0.2) is 0 Å². The monoisotopic (exact) mass is 316 g/mol. The lowest BCUT2D eigenvalue weighted by atomic mass is 10.2. The number of rotatable bonds is 4. The van der Waals surface area contributed by atoms with Crippen molar-refractivity contribution in [1.82, 2.24) is 0 Å². The fourth-order valence-corrected chi connectivity index (χ4v) is 0.612. The van der Waals surface area contributed by atoms with Gasteiger partial charge >= 0.3 is 30.2 Å². The average molecular weight is 316 g/mol. The van der Waals surface area contributed by atoms with Crippen molar-refractivity contribution in [3.05, 3.63) is 0 Å².